The number of benzene rings is 2. The molecule has 138 valence electrons. The van der Waals surface area contributed by atoms with Crippen LogP contribution in [0.15, 0.2) is 47.4 Å². The number of primary sulfonamides is 1. The zero-order chi connectivity index (χ0) is 18.9. The summed E-state index contributed by atoms with van der Waals surface area (Å²) < 4.78 is 22.9. The standard InChI is InChI=1S/C18H20ClN3O3S/c1-21(11-13-2-4-15(19)5-3-13)18(23)12-22-9-8-14-10-16(26(20,24)25)6-7-17(14)22/h2-7,10H,8-9,11-12H2,1H3,(H2,20,24,25). The van der Waals surface area contributed by atoms with E-state index in [9.17, 15) is 13.2 Å². The molecule has 8 heteroatoms. The second-order valence-electron chi connectivity index (χ2n) is 6.38. The van der Waals surface area contributed by atoms with Crippen LogP contribution in [0.2, 0.25) is 5.02 Å². The number of hydrogen-bond donors (Lipinski definition) is 1. The topological polar surface area (TPSA) is 83.7 Å². The number of halogens is 1. The van der Waals surface area contributed by atoms with Crippen LogP contribution in [0.5, 0.6) is 0 Å². The van der Waals surface area contributed by atoms with Crippen molar-refractivity contribution in [3.05, 3.63) is 58.6 Å². The number of nitrogens with two attached hydrogens (primary N) is 1. The Hall–Kier alpha value is -2.09. The Morgan fingerprint density at radius 3 is 2.58 bits per heavy atom. The summed E-state index contributed by atoms with van der Waals surface area (Å²) in [6.45, 7) is 1.41. The first-order valence-corrected chi connectivity index (χ1v) is 10.1. The van der Waals surface area contributed by atoms with Gasteiger partial charge in [-0.05, 0) is 47.9 Å². The van der Waals surface area contributed by atoms with Crippen LogP contribution in [0.1, 0.15) is 11.1 Å². The van der Waals surface area contributed by atoms with E-state index in [0.29, 0.717) is 24.5 Å². The molecule has 2 N–H and O–H groups in total. The summed E-state index contributed by atoms with van der Waals surface area (Å²) in [5, 5.41) is 5.84. The molecule has 0 unspecified atom stereocenters. The summed E-state index contributed by atoms with van der Waals surface area (Å²) in [5.41, 5.74) is 2.78. The number of carbonyl (C=O) groups excluding carboxylic acids is 1. The minimum Gasteiger partial charge on any atom is -0.362 e. The van der Waals surface area contributed by atoms with E-state index in [-0.39, 0.29) is 17.3 Å². The molecule has 0 fully saturated rings. The van der Waals surface area contributed by atoms with E-state index in [1.54, 1.807) is 36.2 Å². The second-order valence-corrected chi connectivity index (χ2v) is 8.38. The van der Waals surface area contributed by atoms with Gasteiger partial charge in [0.05, 0.1) is 11.4 Å². The van der Waals surface area contributed by atoms with E-state index in [1.165, 1.54) is 6.07 Å². The number of likely N-dealkylation sites (N-methyl/N-ethyl adjacent to an activating group) is 1. The molecule has 0 spiro atoms. The van der Waals surface area contributed by atoms with Gasteiger partial charge in [-0.1, -0.05) is 23.7 Å². The molecule has 0 bridgehead atoms. The van der Waals surface area contributed by atoms with Crippen LogP contribution in [0.4, 0.5) is 5.69 Å². The molecule has 0 radical (unpaired) electrons. The van der Waals surface area contributed by atoms with E-state index in [1.807, 2.05) is 17.0 Å². The number of anilines is 1. The molecular weight excluding hydrogens is 374 g/mol. The first-order valence-electron chi connectivity index (χ1n) is 8.13. The zero-order valence-electron chi connectivity index (χ0n) is 14.4. The highest BCUT2D eigenvalue weighted by Crippen LogP contribution is 2.29. The number of fused-ring (bicyclic) bond motifs is 1. The molecule has 1 heterocycles. The summed E-state index contributed by atoms with van der Waals surface area (Å²) in [5.74, 6) is -0.0108. The first-order chi connectivity index (χ1) is 12.2. The maximum atomic E-state index is 12.5. The smallest absolute Gasteiger partial charge is 0.242 e. The summed E-state index contributed by atoms with van der Waals surface area (Å²) in [7, 11) is -1.96. The number of rotatable bonds is 5. The average Bonchev–Trinajstić information content (AvgIpc) is 2.98. The van der Waals surface area contributed by atoms with Gasteiger partial charge in [0.25, 0.3) is 0 Å². The van der Waals surface area contributed by atoms with Crippen molar-refractivity contribution in [1.82, 2.24) is 4.90 Å². The number of hydrogen-bond acceptors (Lipinski definition) is 4. The molecule has 0 aromatic heterocycles. The minimum atomic E-state index is -3.72. The van der Waals surface area contributed by atoms with E-state index in [2.05, 4.69) is 0 Å². The van der Waals surface area contributed by atoms with E-state index in [4.69, 9.17) is 16.7 Å². The number of nitrogens with zero attached hydrogens (tertiary/aromatic N) is 2. The number of amides is 1. The highest BCUT2D eigenvalue weighted by Gasteiger charge is 2.24. The van der Waals surface area contributed by atoms with Crippen molar-refractivity contribution in [3.63, 3.8) is 0 Å². The predicted octanol–water partition coefficient (Wildman–Crippen LogP) is 2.01. The highest BCUT2D eigenvalue weighted by atomic mass is 35.5. The molecule has 1 aliphatic heterocycles. The molecule has 0 atom stereocenters. The third kappa shape index (κ3) is 4.17. The van der Waals surface area contributed by atoms with Gasteiger partial charge in [0, 0.05) is 30.8 Å². The van der Waals surface area contributed by atoms with Crippen molar-refractivity contribution in [3.8, 4) is 0 Å². The molecule has 1 amide bonds. The molecule has 0 aliphatic carbocycles. The lowest BCUT2D eigenvalue weighted by atomic mass is 10.2. The third-order valence-electron chi connectivity index (χ3n) is 4.46. The van der Waals surface area contributed by atoms with Gasteiger partial charge >= 0.3 is 0 Å². The number of carbonyl (C=O) groups is 1. The summed E-state index contributed by atoms with van der Waals surface area (Å²) in [6.07, 6.45) is 0.687. The number of sulfonamides is 1. The highest BCUT2D eigenvalue weighted by molar-refractivity contribution is 7.89. The predicted molar refractivity (Wildman–Crippen MR) is 102 cm³/mol. The summed E-state index contributed by atoms with van der Waals surface area (Å²) in [4.78, 5) is 16.3. The molecule has 0 saturated heterocycles. The maximum Gasteiger partial charge on any atom is 0.242 e. The molecule has 1 aliphatic rings. The van der Waals surface area contributed by atoms with Crippen molar-refractivity contribution in [2.75, 3.05) is 25.0 Å². The SMILES string of the molecule is CN(Cc1ccc(Cl)cc1)C(=O)CN1CCc2cc(S(N)(=O)=O)ccc21. The average molecular weight is 394 g/mol. The fraction of sp³-hybridized carbons (Fsp3) is 0.278. The fourth-order valence-corrected chi connectivity index (χ4v) is 3.71. The van der Waals surface area contributed by atoms with Crippen LogP contribution in [0.3, 0.4) is 0 Å². The minimum absolute atomic E-state index is 0.0108. The summed E-state index contributed by atoms with van der Waals surface area (Å²) >= 11 is 5.88. The van der Waals surface area contributed by atoms with E-state index >= 15 is 0 Å². The first kappa shape index (κ1) is 18.7. The molecule has 6 nitrogen and oxygen atoms in total. The van der Waals surface area contributed by atoms with Crippen LogP contribution in [0.25, 0.3) is 0 Å². The Labute approximate surface area is 158 Å². The molecule has 26 heavy (non-hydrogen) atoms. The van der Waals surface area contributed by atoms with Gasteiger partial charge in [-0.25, -0.2) is 13.6 Å². The molecule has 3 rings (SSSR count). The van der Waals surface area contributed by atoms with Crippen molar-refractivity contribution in [2.24, 2.45) is 5.14 Å². The van der Waals surface area contributed by atoms with Crippen molar-refractivity contribution < 1.29 is 13.2 Å². The Bertz CT molecular complexity index is 929. The van der Waals surface area contributed by atoms with Crippen molar-refractivity contribution in [1.29, 1.82) is 0 Å². The quantitative estimate of drug-likeness (QED) is 0.842. The molecular formula is C18H20ClN3O3S. The van der Waals surface area contributed by atoms with Gasteiger partial charge in [-0.2, -0.15) is 0 Å². The zero-order valence-corrected chi connectivity index (χ0v) is 15.9. The monoisotopic (exact) mass is 393 g/mol. The van der Waals surface area contributed by atoms with Gasteiger partial charge in [-0.3, -0.25) is 4.79 Å². The van der Waals surface area contributed by atoms with Crippen molar-refractivity contribution >= 4 is 33.2 Å². The van der Waals surface area contributed by atoms with E-state index in [0.717, 1.165) is 16.8 Å². The Balaban J connectivity index is 1.67. The van der Waals surface area contributed by atoms with Gasteiger partial charge < -0.3 is 9.80 Å². The Kier molecular flexibility index (Phi) is 5.22. The van der Waals surface area contributed by atoms with Crippen LogP contribution < -0.4 is 10.0 Å². The summed E-state index contributed by atoms with van der Waals surface area (Å²) in [6, 6.07) is 12.2. The van der Waals surface area contributed by atoms with Gasteiger partial charge in [0.15, 0.2) is 0 Å². The Morgan fingerprint density at radius 1 is 1.23 bits per heavy atom. The lowest BCUT2D eigenvalue weighted by molar-refractivity contribution is -0.128. The molecule has 2 aromatic carbocycles. The lowest BCUT2D eigenvalue weighted by Gasteiger charge is -2.23. The second kappa shape index (κ2) is 7.26. The molecule has 2 aromatic rings. The largest absolute Gasteiger partial charge is 0.362 e. The third-order valence-corrected chi connectivity index (χ3v) is 5.62. The fourth-order valence-electron chi connectivity index (χ4n) is 3.02. The Morgan fingerprint density at radius 2 is 1.92 bits per heavy atom. The molecule has 0 saturated carbocycles. The van der Waals surface area contributed by atoms with Crippen LogP contribution in [0, 0.1) is 0 Å². The van der Waals surface area contributed by atoms with Gasteiger partial charge in [-0.15, -0.1) is 0 Å². The lowest BCUT2D eigenvalue weighted by Crippen LogP contribution is -2.37. The van der Waals surface area contributed by atoms with Crippen molar-refractivity contribution in [2.45, 2.75) is 17.9 Å². The van der Waals surface area contributed by atoms with Crippen LogP contribution in [-0.4, -0.2) is 39.4 Å². The van der Waals surface area contributed by atoms with Gasteiger partial charge in [0.2, 0.25) is 15.9 Å². The van der Waals surface area contributed by atoms with E-state index < -0.39 is 10.0 Å². The van der Waals surface area contributed by atoms with Crippen LogP contribution >= 0.6 is 11.6 Å². The normalized spacial score (nSPS) is 13.6. The maximum absolute atomic E-state index is 12.5. The van der Waals surface area contributed by atoms with Crippen LogP contribution in [-0.2, 0) is 27.8 Å². The van der Waals surface area contributed by atoms with Gasteiger partial charge in [0.1, 0.15) is 0 Å².